The smallest absolute Gasteiger partial charge is 0.408 e. The van der Waals surface area contributed by atoms with Crippen LogP contribution in [0.5, 0.6) is 0 Å². The number of ether oxygens (including phenoxy) is 1. The number of carbonyl (C=O) groups excluding carboxylic acids is 2. The van der Waals surface area contributed by atoms with Gasteiger partial charge in [0.15, 0.2) is 5.08 Å². The first kappa shape index (κ1) is 44.9. The number of nitrogens with one attached hydrogen (secondary N) is 2. The van der Waals surface area contributed by atoms with Gasteiger partial charge in [-0.2, -0.15) is 4.89 Å². The summed E-state index contributed by atoms with van der Waals surface area (Å²) in [4.78, 5) is 41.2. The van der Waals surface area contributed by atoms with E-state index in [0.29, 0.717) is 44.7 Å². The molecule has 0 aromatic carbocycles. The Morgan fingerprint density at radius 1 is 0.744 bits per heavy atom. The van der Waals surface area contributed by atoms with Gasteiger partial charge in [-0.15, -0.1) is 106 Å². The van der Waals surface area contributed by atoms with Crippen LogP contribution in [0.1, 0.15) is 0 Å². The van der Waals surface area contributed by atoms with E-state index in [2.05, 4.69) is 20.6 Å². The topological polar surface area (TPSA) is 174 Å². The second-order valence-corrected chi connectivity index (χ2v) is 20.7. The molecule has 0 rings (SSSR count). The summed E-state index contributed by atoms with van der Waals surface area (Å²) in [5.74, 6) is 2.74. The van der Waals surface area contributed by atoms with Crippen molar-refractivity contribution in [2.75, 3.05) is 82.9 Å². The fourth-order valence-electron chi connectivity index (χ4n) is 1.66. The van der Waals surface area contributed by atoms with Gasteiger partial charge < -0.3 is 35.0 Å². The van der Waals surface area contributed by atoms with Crippen molar-refractivity contribution in [3.8, 4) is 0 Å². The lowest BCUT2D eigenvalue weighted by atomic mass is 11.1. The minimum atomic E-state index is -1.14. The molecule has 0 spiro atoms. The second kappa shape index (κ2) is 38.4. The Kier molecular flexibility index (Phi) is 40.1. The highest BCUT2D eigenvalue weighted by atomic mass is 32.3. The molecular formula is C19H36N4O8S12. The van der Waals surface area contributed by atoms with Crippen LogP contribution in [0.3, 0.4) is 0 Å². The van der Waals surface area contributed by atoms with Gasteiger partial charge in [0.2, 0.25) is 11.9 Å². The van der Waals surface area contributed by atoms with Gasteiger partial charge in [0, 0.05) is 41.7 Å². The maximum atomic E-state index is 12.0. The lowest BCUT2D eigenvalue weighted by molar-refractivity contribution is -0.196. The molecule has 12 nitrogen and oxygen atoms in total. The number of thioether (sulfide) groups is 11. The van der Waals surface area contributed by atoms with E-state index in [1.165, 1.54) is 82.5 Å². The summed E-state index contributed by atoms with van der Waals surface area (Å²) in [6.07, 6.45) is 0.789. The quantitative estimate of drug-likeness (QED) is 0.0129. The van der Waals surface area contributed by atoms with E-state index >= 15 is 0 Å². The fraction of sp³-hybridized carbons (Fsp3) is 0.789. The largest absolute Gasteiger partial charge is 0.610 e. The molecule has 1 unspecified atom stereocenters. The first-order valence-electron chi connectivity index (χ1n) is 11.5. The van der Waals surface area contributed by atoms with Crippen LogP contribution in [-0.2, 0) is 25.7 Å². The minimum Gasteiger partial charge on any atom is -0.610 e. The number of nitrogens with zero attached hydrogens (tertiary/aromatic N) is 2. The summed E-state index contributed by atoms with van der Waals surface area (Å²) in [6.45, 7) is 0. The van der Waals surface area contributed by atoms with Crippen molar-refractivity contribution in [1.82, 2.24) is 10.6 Å². The number of amides is 2. The molecule has 0 aliphatic heterocycles. The van der Waals surface area contributed by atoms with Gasteiger partial charge in [-0.3, -0.25) is 4.79 Å². The number of hydrogen-bond acceptors (Lipinski definition) is 21. The molecule has 24 heteroatoms. The lowest BCUT2D eigenvalue weighted by Gasteiger charge is -2.06. The average Bonchev–Trinajstić information content (AvgIpc) is 3.00. The van der Waals surface area contributed by atoms with E-state index in [0.717, 1.165) is 20.3 Å². The van der Waals surface area contributed by atoms with E-state index in [1.807, 2.05) is 0 Å². The van der Waals surface area contributed by atoms with Gasteiger partial charge in [0.1, 0.15) is 11.9 Å². The monoisotopic (exact) mass is 832 g/mol. The van der Waals surface area contributed by atoms with Crippen LogP contribution in [0.2, 0.25) is 0 Å². The highest BCUT2D eigenvalue weighted by Crippen LogP contribution is 2.20. The minimum absolute atomic E-state index is 0.0523. The molecule has 0 saturated carbocycles. The molecule has 0 aliphatic carbocycles. The standard InChI is InChI=1S/C19H36N4O8S12/c24-7-36-13-38-9-29-18(26)22-4-34-12-33-3-21-6-43(28)17-41-15-40-16-42-19(27)23-5-35-11-32-2-20-1-30-31-10-39-14-37-8-25/h1,6,24-25H,2-5,7-17H2,(H,22,26)(H,23,27)/b20-1+,21-6-. The molecule has 252 valence electrons. The molecule has 1 atom stereocenters. The van der Waals surface area contributed by atoms with E-state index in [4.69, 9.17) is 24.7 Å². The molecule has 43 heavy (non-hydrogen) atoms. The van der Waals surface area contributed by atoms with Gasteiger partial charge in [0.05, 0.1) is 35.4 Å². The molecular weight excluding hydrogens is 797 g/mol. The Bertz CT molecular complexity index is 712. The van der Waals surface area contributed by atoms with Crippen molar-refractivity contribution in [2.45, 2.75) is 0 Å². The van der Waals surface area contributed by atoms with Crippen molar-refractivity contribution in [3.63, 3.8) is 0 Å². The summed E-state index contributed by atoms with van der Waals surface area (Å²) in [5.41, 5.74) is 1.47. The zero-order valence-electron chi connectivity index (χ0n) is 22.9. The molecule has 0 heterocycles. The summed E-state index contributed by atoms with van der Waals surface area (Å²) < 4.78 is 17.0. The van der Waals surface area contributed by atoms with Crippen LogP contribution < -0.4 is 10.6 Å². The summed E-state index contributed by atoms with van der Waals surface area (Å²) in [7, 11) is 0. The summed E-state index contributed by atoms with van der Waals surface area (Å²) in [6, 6.07) is 0. The molecule has 0 aromatic rings. The van der Waals surface area contributed by atoms with Gasteiger partial charge in [-0.25, -0.2) is 14.8 Å². The van der Waals surface area contributed by atoms with Crippen molar-refractivity contribution in [2.24, 2.45) is 9.98 Å². The number of aliphatic hydroxyl groups is 2. The zero-order chi connectivity index (χ0) is 31.5. The Morgan fingerprint density at radius 2 is 1.37 bits per heavy atom. The van der Waals surface area contributed by atoms with E-state index in [1.54, 1.807) is 58.8 Å². The Morgan fingerprint density at radius 3 is 2.09 bits per heavy atom. The third kappa shape index (κ3) is 38.2. The highest BCUT2D eigenvalue weighted by Gasteiger charge is 2.05. The van der Waals surface area contributed by atoms with E-state index in [9.17, 15) is 14.1 Å². The predicted molar refractivity (Wildman–Crippen MR) is 206 cm³/mol. The first-order chi connectivity index (χ1) is 21.1. The van der Waals surface area contributed by atoms with Crippen LogP contribution in [0.4, 0.5) is 9.59 Å². The second-order valence-electron chi connectivity index (χ2n) is 6.29. The van der Waals surface area contributed by atoms with Crippen molar-refractivity contribution >= 4 is 164 Å². The summed E-state index contributed by atoms with van der Waals surface area (Å²) in [5, 5.41) is 27.4. The number of carbonyl (C=O) groups is 2. The maximum absolute atomic E-state index is 12.0. The third-order valence-corrected chi connectivity index (χ3v) is 15.7. The molecule has 0 fully saturated rings. The van der Waals surface area contributed by atoms with Crippen LogP contribution in [0, 0.1) is 0 Å². The SMILES string of the molecule is O=C(NCSCSC/N=C\[S+]([O-])CSCSCSC(=O)NCSCSC/N=C/OOCSCSCO)OCSCSCO. The van der Waals surface area contributed by atoms with E-state index in [-0.39, 0.29) is 23.1 Å². The Balaban J connectivity index is 3.41. The number of aliphatic hydroxyl groups excluding tert-OH is 2. The summed E-state index contributed by atoms with van der Waals surface area (Å²) >= 11 is 15.1. The molecule has 4 N–H and O–H groups in total. The molecule has 0 aliphatic rings. The van der Waals surface area contributed by atoms with Crippen LogP contribution in [-0.4, -0.2) is 121 Å². The van der Waals surface area contributed by atoms with Crippen molar-refractivity contribution in [1.29, 1.82) is 0 Å². The first-order valence-corrected chi connectivity index (χ1v) is 25.5. The van der Waals surface area contributed by atoms with Gasteiger partial charge >= 0.3 is 6.09 Å². The van der Waals surface area contributed by atoms with Crippen molar-refractivity contribution in [3.05, 3.63) is 0 Å². The number of rotatable bonds is 31. The third-order valence-electron chi connectivity index (χ3n) is 3.24. The molecule has 0 radical (unpaired) electrons. The lowest BCUT2D eigenvalue weighted by Crippen LogP contribution is -2.23. The number of hydrogen-bond donors (Lipinski definition) is 4. The van der Waals surface area contributed by atoms with Crippen LogP contribution in [0.25, 0.3) is 0 Å². The molecule has 0 bridgehead atoms. The molecule has 0 aromatic heterocycles. The Hall–Kier alpha value is 1.92. The highest BCUT2D eigenvalue weighted by molar-refractivity contribution is 8.29. The Labute approximate surface area is 303 Å². The molecule has 2 amide bonds. The number of alkyl carbamates (subject to hydrolysis) is 1. The van der Waals surface area contributed by atoms with Crippen molar-refractivity contribution < 1.29 is 38.9 Å². The zero-order valence-corrected chi connectivity index (χ0v) is 32.7. The van der Waals surface area contributed by atoms with Gasteiger partial charge in [-0.1, -0.05) is 23.5 Å². The normalized spacial score (nSPS) is 12.2. The predicted octanol–water partition coefficient (Wildman–Crippen LogP) is 5.59. The average molecular weight is 833 g/mol. The molecule has 0 saturated heterocycles. The maximum Gasteiger partial charge on any atom is 0.408 e. The van der Waals surface area contributed by atoms with Crippen LogP contribution in [0.15, 0.2) is 9.98 Å². The van der Waals surface area contributed by atoms with E-state index < -0.39 is 17.3 Å². The van der Waals surface area contributed by atoms with Gasteiger partial charge in [-0.05, 0) is 0 Å². The van der Waals surface area contributed by atoms with Gasteiger partial charge in [0.25, 0.3) is 5.24 Å². The fourth-order valence-corrected chi connectivity index (χ4v) is 11.6. The number of aliphatic imine (C=N–C) groups is 2. The van der Waals surface area contributed by atoms with Crippen LogP contribution >= 0.6 is 129 Å².